The molecule has 0 saturated heterocycles. The summed E-state index contributed by atoms with van der Waals surface area (Å²) in [5, 5.41) is 9.89. The minimum Gasteiger partial charge on any atom is -0.386 e. The molecular weight excluding hydrogens is 233 g/mol. The second kappa shape index (κ2) is 6.27. The van der Waals surface area contributed by atoms with Gasteiger partial charge in [-0.25, -0.2) is 4.39 Å². The van der Waals surface area contributed by atoms with Gasteiger partial charge >= 0.3 is 0 Å². The molecule has 0 heterocycles. The molecule has 18 heavy (non-hydrogen) atoms. The minimum atomic E-state index is -0.901. The number of rotatable bonds is 4. The van der Waals surface area contributed by atoms with E-state index in [4.69, 9.17) is 10.5 Å². The Labute approximate surface area is 107 Å². The van der Waals surface area contributed by atoms with Crippen molar-refractivity contribution in [3.8, 4) is 0 Å². The molecule has 0 aliphatic heterocycles. The average molecular weight is 253 g/mol. The van der Waals surface area contributed by atoms with Gasteiger partial charge in [0.25, 0.3) is 0 Å². The largest absolute Gasteiger partial charge is 0.386 e. The number of hydrogen-bond acceptors (Lipinski definition) is 3. The van der Waals surface area contributed by atoms with Gasteiger partial charge in [-0.15, -0.1) is 0 Å². The van der Waals surface area contributed by atoms with E-state index in [1.165, 1.54) is 6.07 Å². The molecule has 2 rings (SSSR count). The second-order valence-electron chi connectivity index (χ2n) is 4.91. The summed E-state index contributed by atoms with van der Waals surface area (Å²) in [5.41, 5.74) is 6.11. The fraction of sp³-hybridized carbons (Fsp3) is 0.571. The zero-order valence-electron chi connectivity index (χ0n) is 10.4. The molecule has 1 aromatic rings. The van der Waals surface area contributed by atoms with E-state index in [1.54, 1.807) is 18.2 Å². The number of nitrogens with two attached hydrogens (primary N) is 1. The van der Waals surface area contributed by atoms with Crippen LogP contribution in [-0.4, -0.2) is 23.9 Å². The van der Waals surface area contributed by atoms with Crippen molar-refractivity contribution in [3.63, 3.8) is 0 Å². The van der Waals surface area contributed by atoms with Gasteiger partial charge in [0.15, 0.2) is 0 Å². The monoisotopic (exact) mass is 253 g/mol. The normalized spacial score (nSPS) is 25.9. The van der Waals surface area contributed by atoms with Crippen LogP contribution in [0.2, 0.25) is 0 Å². The number of aliphatic hydroxyl groups excluding tert-OH is 1. The fourth-order valence-electron chi connectivity index (χ4n) is 2.32. The highest BCUT2D eigenvalue weighted by Gasteiger charge is 2.21. The predicted octanol–water partition coefficient (Wildman–Crippen LogP) is 2.15. The van der Waals surface area contributed by atoms with Crippen LogP contribution in [0, 0.1) is 5.82 Å². The second-order valence-corrected chi connectivity index (χ2v) is 4.91. The highest BCUT2D eigenvalue weighted by molar-refractivity contribution is 5.19. The Bertz CT molecular complexity index is 378. The summed E-state index contributed by atoms with van der Waals surface area (Å²) in [7, 11) is 0. The molecule has 0 amide bonds. The maximum absolute atomic E-state index is 13.4. The van der Waals surface area contributed by atoms with Gasteiger partial charge in [-0.3, -0.25) is 0 Å². The van der Waals surface area contributed by atoms with Gasteiger partial charge in [-0.1, -0.05) is 18.2 Å². The van der Waals surface area contributed by atoms with Gasteiger partial charge < -0.3 is 15.6 Å². The molecule has 0 bridgehead atoms. The molecule has 1 saturated carbocycles. The standard InChI is InChI=1S/C14H20FNO2/c15-13-4-2-1-3-12(13)14(17)9-18-11-7-5-10(16)6-8-11/h1-4,10-11,14,17H,5-9,16H2/t10?,11?,14-/m1/s1. The Balaban J connectivity index is 1.81. The summed E-state index contributed by atoms with van der Waals surface area (Å²) >= 11 is 0. The molecule has 1 aromatic carbocycles. The first-order chi connectivity index (χ1) is 8.66. The highest BCUT2D eigenvalue weighted by atomic mass is 19.1. The minimum absolute atomic E-state index is 0.140. The topological polar surface area (TPSA) is 55.5 Å². The zero-order chi connectivity index (χ0) is 13.0. The van der Waals surface area contributed by atoms with Crippen LogP contribution in [0.4, 0.5) is 4.39 Å². The number of aliphatic hydroxyl groups is 1. The number of benzene rings is 1. The van der Waals surface area contributed by atoms with Crippen molar-refractivity contribution >= 4 is 0 Å². The molecule has 0 radical (unpaired) electrons. The van der Waals surface area contributed by atoms with Crippen LogP contribution in [0.15, 0.2) is 24.3 Å². The van der Waals surface area contributed by atoms with Crippen LogP contribution < -0.4 is 5.73 Å². The Morgan fingerprint density at radius 3 is 2.61 bits per heavy atom. The van der Waals surface area contributed by atoms with E-state index >= 15 is 0 Å². The van der Waals surface area contributed by atoms with Crippen molar-refractivity contribution < 1.29 is 14.2 Å². The lowest BCUT2D eigenvalue weighted by Crippen LogP contribution is -2.31. The Kier molecular flexibility index (Phi) is 4.69. The molecule has 100 valence electrons. The van der Waals surface area contributed by atoms with Gasteiger partial charge in [-0.2, -0.15) is 0 Å². The molecule has 3 nitrogen and oxygen atoms in total. The molecule has 1 aliphatic rings. The summed E-state index contributed by atoms with van der Waals surface area (Å²) in [6.07, 6.45) is 3.00. The third kappa shape index (κ3) is 3.51. The van der Waals surface area contributed by atoms with Gasteiger partial charge in [0.1, 0.15) is 11.9 Å². The lowest BCUT2D eigenvalue weighted by atomic mass is 9.94. The highest BCUT2D eigenvalue weighted by Crippen LogP contribution is 2.22. The van der Waals surface area contributed by atoms with Crippen LogP contribution in [0.5, 0.6) is 0 Å². The zero-order valence-corrected chi connectivity index (χ0v) is 10.4. The molecule has 1 atom stereocenters. The van der Waals surface area contributed by atoms with Crippen molar-refractivity contribution in [1.29, 1.82) is 0 Å². The van der Waals surface area contributed by atoms with Crippen molar-refractivity contribution in [2.24, 2.45) is 5.73 Å². The predicted molar refractivity (Wildman–Crippen MR) is 67.5 cm³/mol. The fourth-order valence-corrected chi connectivity index (χ4v) is 2.32. The first kappa shape index (κ1) is 13.5. The number of ether oxygens (including phenoxy) is 1. The number of hydrogen-bond donors (Lipinski definition) is 2. The van der Waals surface area contributed by atoms with Crippen LogP contribution in [0.1, 0.15) is 37.4 Å². The Morgan fingerprint density at radius 2 is 1.94 bits per heavy atom. The molecule has 1 fully saturated rings. The first-order valence-electron chi connectivity index (χ1n) is 6.46. The lowest BCUT2D eigenvalue weighted by molar-refractivity contribution is -0.0272. The van der Waals surface area contributed by atoms with Gasteiger partial charge in [0, 0.05) is 11.6 Å². The van der Waals surface area contributed by atoms with E-state index in [0.29, 0.717) is 5.56 Å². The van der Waals surface area contributed by atoms with Crippen LogP contribution in [0.25, 0.3) is 0 Å². The molecule has 0 unspecified atom stereocenters. The summed E-state index contributed by atoms with van der Waals surface area (Å²) in [5.74, 6) is -0.390. The molecule has 0 spiro atoms. The van der Waals surface area contributed by atoms with Crippen molar-refractivity contribution in [1.82, 2.24) is 0 Å². The Morgan fingerprint density at radius 1 is 1.28 bits per heavy atom. The summed E-state index contributed by atoms with van der Waals surface area (Å²) in [6.45, 7) is 0.140. The van der Waals surface area contributed by atoms with E-state index in [2.05, 4.69) is 0 Å². The third-order valence-electron chi connectivity index (χ3n) is 3.47. The summed E-state index contributed by atoms with van der Waals surface area (Å²) < 4.78 is 19.1. The van der Waals surface area contributed by atoms with E-state index in [-0.39, 0.29) is 24.6 Å². The van der Waals surface area contributed by atoms with Crippen LogP contribution in [-0.2, 0) is 4.74 Å². The van der Waals surface area contributed by atoms with Crippen molar-refractivity contribution in [2.45, 2.75) is 43.9 Å². The molecular formula is C14H20FNO2. The van der Waals surface area contributed by atoms with Gasteiger partial charge in [0.05, 0.1) is 12.7 Å². The average Bonchev–Trinajstić information content (AvgIpc) is 2.38. The molecule has 4 heteroatoms. The maximum atomic E-state index is 13.4. The van der Waals surface area contributed by atoms with Crippen molar-refractivity contribution in [2.75, 3.05) is 6.61 Å². The molecule has 1 aliphatic carbocycles. The van der Waals surface area contributed by atoms with Crippen molar-refractivity contribution in [3.05, 3.63) is 35.6 Å². The third-order valence-corrected chi connectivity index (χ3v) is 3.47. The summed E-state index contributed by atoms with van der Waals surface area (Å²) in [6, 6.07) is 6.52. The molecule has 3 N–H and O–H groups in total. The first-order valence-corrected chi connectivity index (χ1v) is 6.46. The SMILES string of the molecule is NC1CCC(OC[C@@H](O)c2ccccc2F)CC1. The number of halogens is 1. The van der Waals surface area contributed by atoms with Gasteiger partial charge in [0.2, 0.25) is 0 Å². The quantitative estimate of drug-likeness (QED) is 0.864. The van der Waals surface area contributed by atoms with Crippen LogP contribution >= 0.6 is 0 Å². The van der Waals surface area contributed by atoms with E-state index in [0.717, 1.165) is 25.7 Å². The Hall–Kier alpha value is -0.970. The lowest BCUT2D eigenvalue weighted by Gasteiger charge is -2.27. The van der Waals surface area contributed by atoms with E-state index in [9.17, 15) is 9.50 Å². The van der Waals surface area contributed by atoms with E-state index in [1.807, 2.05) is 0 Å². The van der Waals surface area contributed by atoms with Gasteiger partial charge in [-0.05, 0) is 31.7 Å². The summed E-state index contributed by atoms with van der Waals surface area (Å²) in [4.78, 5) is 0. The smallest absolute Gasteiger partial charge is 0.129 e. The maximum Gasteiger partial charge on any atom is 0.129 e. The van der Waals surface area contributed by atoms with Crippen LogP contribution in [0.3, 0.4) is 0 Å². The molecule has 0 aromatic heterocycles. The van der Waals surface area contributed by atoms with E-state index < -0.39 is 6.10 Å².